The van der Waals surface area contributed by atoms with E-state index in [9.17, 15) is 4.79 Å². The fourth-order valence-electron chi connectivity index (χ4n) is 1.79. The summed E-state index contributed by atoms with van der Waals surface area (Å²) in [6.07, 6.45) is 6.05. The minimum absolute atomic E-state index is 0.0738. The van der Waals surface area contributed by atoms with Gasteiger partial charge in [0.25, 0.3) is 5.91 Å². The highest BCUT2D eigenvalue weighted by Crippen LogP contribution is 2.01. The van der Waals surface area contributed by atoms with Gasteiger partial charge in [-0.2, -0.15) is 0 Å². The van der Waals surface area contributed by atoms with Crippen LogP contribution >= 0.6 is 0 Å². The fourth-order valence-corrected chi connectivity index (χ4v) is 1.79. The maximum atomic E-state index is 11.8. The van der Waals surface area contributed by atoms with Crippen LogP contribution in [0.3, 0.4) is 0 Å². The third-order valence-corrected chi connectivity index (χ3v) is 3.03. The van der Waals surface area contributed by atoms with Crippen LogP contribution in [0.4, 0.5) is 0 Å². The van der Waals surface area contributed by atoms with E-state index in [-0.39, 0.29) is 5.91 Å². The van der Waals surface area contributed by atoms with E-state index in [0.717, 1.165) is 37.9 Å². The molecule has 106 valence electrons. The molecule has 4 nitrogen and oxygen atoms in total. The van der Waals surface area contributed by atoms with Gasteiger partial charge in [0.1, 0.15) is 5.69 Å². The second kappa shape index (κ2) is 8.64. The number of nitrogens with zero attached hydrogens (tertiary/aromatic N) is 2. The van der Waals surface area contributed by atoms with Crippen molar-refractivity contribution >= 4 is 5.91 Å². The number of nitrogens with one attached hydrogen (secondary N) is 1. The third kappa shape index (κ3) is 6.34. The molecule has 0 atom stereocenters. The number of aromatic nitrogens is 1. The van der Waals surface area contributed by atoms with Crippen LogP contribution in [0.15, 0.2) is 18.3 Å². The average Bonchev–Trinajstić information content (AvgIpc) is 2.42. The average molecular weight is 263 g/mol. The van der Waals surface area contributed by atoms with Crippen LogP contribution in [0.25, 0.3) is 0 Å². The summed E-state index contributed by atoms with van der Waals surface area (Å²) in [5.74, 6) is -0.0738. The number of carbonyl (C=O) groups is 1. The zero-order chi connectivity index (χ0) is 14.1. The van der Waals surface area contributed by atoms with Crippen molar-refractivity contribution in [1.82, 2.24) is 15.2 Å². The Kier molecular flexibility index (Phi) is 7.11. The lowest BCUT2D eigenvalue weighted by molar-refractivity contribution is 0.0948. The van der Waals surface area contributed by atoms with Gasteiger partial charge in [0.2, 0.25) is 0 Å². The number of hydrogen-bond donors (Lipinski definition) is 1. The van der Waals surface area contributed by atoms with Gasteiger partial charge in [-0.1, -0.05) is 19.4 Å². The van der Waals surface area contributed by atoms with Crippen LogP contribution in [0.2, 0.25) is 0 Å². The van der Waals surface area contributed by atoms with E-state index in [0.29, 0.717) is 5.69 Å². The summed E-state index contributed by atoms with van der Waals surface area (Å²) in [6.45, 7) is 3.90. The molecule has 0 aliphatic heterocycles. The van der Waals surface area contributed by atoms with Gasteiger partial charge in [0.15, 0.2) is 0 Å². The minimum Gasteiger partial charge on any atom is -0.351 e. The molecule has 0 fully saturated rings. The summed E-state index contributed by atoms with van der Waals surface area (Å²) in [5.41, 5.74) is 1.66. The molecule has 1 amide bonds. The number of unbranched alkanes of at least 4 members (excludes halogenated alkanes) is 2. The highest BCUT2D eigenvalue weighted by molar-refractivity contribution is 5.92. The molecule has 0 saturated heterocycles. The van der Waals surface area contributed by atoms with Crippen LogP contribution in [0.1, 0.15) is 42.2 Å². The van der Waals surface area contributed by atoms with Gasteiger partial charge in [-0.3, -0.25) is 9.78 Å². The summed E-state index contributed by atoms with van der Waals surface area (Å²) in [7, 11) is 4.15. The second-order valence-electron chi connectivity index (χ2n) is 5.03. The molecule has 0 aromatic carbocycles. The largest absolute Gasteiger partial charge is 0.351 e. The minimum atomic E-state index is -0.0738. The second-order valence-corrected chi connectivity index (χ2v) is 5.03. The number of hydrogen-bond acceptors (Lipinski definition) is 3. The Balaban J connectivity index is 2.20. The van der Waals surface area contributed by atoms with Gasteiger partial charge in [-0.15, -0.1) is 0 Å². The van der Waals surface area contributed by atoms with E-state index < -0.39 is 0 Å². The lowest BCUT2D eigenvalue weighted by atomic mass is 10.2. The maximum absolute atomic E-state index is 11.8. The molecule has 0 aliphatic rings. The summed E-state index contributed by atoms with van der Waals surface area (Å²) < 4.78 is 0. The topological polar surface area (TPSA) is 45.2 Å². The molecule has 1 aromatic rings. The quantitative estimate of drug-likeness (QED) is 0.731. The highest BCUT2D eigenvalue weighted by atomic mass is 16.1. The van der Waals surface area contributed by atoms with E-state index in [1.165, 1.54) is 6.42 Å². The van der Waals surface area contributed by atoms with Crippen molar-refractivity contribution in [2.24, 2.45) is 0 Å². The maximum Gasteiger partial charge on any atom is 0.269 e. The van der Waals surface area contributed by atoms with Crippen molar-refractivity contribution < 1.29 is 4.79 Å². The van der Waals surface area contributed by atoms with Gasteiger partial charge in [0, 0.05) is 12.7 Å². The first-order valence-corrected chi connectivity index (χ1v) is 7.01. The number of rotatable bonds is 8. The van der Waals surface area contributed by atoms with Crippen molar-refractivity contribution in [1.29, 1.82) is 0 Å². The smallest absolute Gasteiger partial charge is 0.269 e. The molecule has 0 unspecified atom stereocenters. The standard InChI is InChI=1S/C15H25N3O/c1-4-13-8-9-14(17-12-13)15(19)16-10-6-5-7-11-18(2)3/h8-9,12H,4-7,10-11H2,1-3H3,(H,16,19). The predicted molar refractivity (Wildman–Crippen MR) is 78.4 cm³/mol. The van der Waals surface area contributed by atoms with Crippen molar-refractivity contribution in [3.63, 3.8) is 0 Å². The predicted octanol–water partition coefficient (Wildman–Crippen LogP) is 2.11. The SMILES string of the molecule is CCc1ccc(C(=O)NCCCCCN(C)C)nc1. The van der Waals surface area contributed by atoms with Gasteiger partial charge < -0.3 is 10.2 Å². The normalized spacial score (nSPS) is 10.7. The fraction of sp³-hybridized carbons (Fsp3) is 0.600. The molecular formula is C15H25N3O. The van der Waals surface area contributed by atoms with E-state index in [2.05, 4.69) is 36.2 Å². The van der Waals surface area contributed by atoms with Gasteiger partial charge in [0.05, 0.1) is 0 Å². The molecule has 0 spiro atoms. The monoisotopic (exact) mass is 263 g/mol. The first-order valence-electron chi connectivity index (χ1n) is 7.01. The molecule has 1 heterocycles. The van der Waals surface area contributed by atoms with E-state index in [4.69, 9.17) is 0 Å². The molecule has 19 heavy (non-hydrogen) atoms. The first-order chi connectivity index (χ1) is 9.13. The Morgan fingerprint density at radius 1 is 1.26 bits per heavy atom. The lowest BCUT2D eigenvalue weighted by Crippen LogP contribution is -2.25. The summed E-state index contributed by atoms with van der Waals surface area (Å²) in [4.78, 5) is 18.2. The Morgan fingerprint density at radius 3 is 2.63 bits per heavy atom. The molecule has 0 bridgehead atoms. The Labute approximate surface area is 116 Å². The van der Waals surface area contributed by atoms with Crippen LogP contribution in [0.5, 0.6) is 0 Å². The molecule has 1 aromatic heterocycles. The van der Waals surface area contributed by atoms with E-state index >= 15 is 0 Å². The van der Waals surface area contributed by atoms with Crippen LogP contribution in [-0.4, -0.2) is 43.0 Å². The third-order valence-electron chi connectivity index (χ3n) is 3.03. The van der Waals surface area contributed by atoms with E-state index in [1.54, 1.807) is 12.3 Å². The Bertz CT molecular complexity index is 373. The van der Waals surface area contributed by atoms with Crippen molar-refractivity contribution in [3.8, 4) is 0 Å². The molecule has 1 rings (SSSR count). The lowest BCUT2D eigenvalue weighted by Gasteiger charge is -2.09. The van der Waals surface area contributed by atoms with E-state index in [1.807, 2.05) is 6.07 Å². The molecule has 0 aliphatic carbocycles. The number of pyridine rings is 1. The summed E-state index contributed by atoms with van der Waals surface area (Å²) >= 11 is 0. The molecule has 0 radical (unpaired) electrons. The molecule has 1 N–H and O–H groups in total. The van der Waals surface area contributed by atoms with Crippen molar-refractivity contribution in [2.45, 2.75) is 32.6 Å². The zero-order valence-corrected chi connectivity index (χ0v) is 12.3. The van der Waals surface area contributed by atoms with Crippen molar-refractivity contribution in [3.05, 3.63) is 29.6 Å². The zero-order valence-electron chi connectivity index (χ0n) is 12.3. The highest BCUT2D eigenvalue weighted by Gasteiger charge is 2.05. The summed E-state index contributed by atoms with van der Waals surface area (Å²) in [6, 6.07) is 3.75. The van der Waals surface area contributed by atoms with Crippen LogP contribution in [-0.2, 0) is 6.42 Å². The van der Waals surface area contributed by atoms with Gasteiger partial charge >= 0.3 is 0 Å². The number of aryl methyl sites for hydroxylation is 1. The Morgan fingerprint density at radius 2 is 2.05 bits per heavy atom. The number of amides is 1. The van der Waals surface area contributed by atoms with Gasteiger partial charge in [-0.05, 0) is 51.5 Å². The number of carbonyl (C=O) groups excluding carboxylic acids is 1. The first kappa shape index (κ1) is 15.6. The van der Waals surface area contributed by atoms with Crippen molar-refractivity contribution in [2.75, 3.05) is 27.2 Å². The summed E-state index contributed by atoms with van der Waals surface area (Å²) in [5, 5.41) is 2.91. The van der Waals surface area contributed by atoms with Crippen LogP contribution < -0.4 is 5.32 Å². The molecular weight excluding hydrogens is 238 g/mol. The van der Waals surface area contributed by atoms with Gasteiger partial charge in [-0.25, -0.2) is 0 Å². The molecule has 4 heteroatoms. The van der Waals surface area contributed by atoms with Crippen LogP contribution in [0, 0.1) is 0 Å². The molecule has 0 saturated carbocycles. The Hall–Kier alpha value is -1.42.